The van der Waals surface area contributed by atoms with E-state index in [-0.39, 0.29) is 24.0 Å². The van der Waals surface area contributed by atoms with Crippen LogP contribution in [0.3, 0.4) is 0 Å². The maximum absolute atomic E-state index is 13.0. The molecule has 56 heavy (non-hydrogen) atoms. The minimum absolute atomic E-state index is 0.0143. The minimum atomic E-state index is -0.0222. The lowest BCUT2D eigenvalue weighted by Gasteiger charge is -2.26. The fourth-order valence-corrected chi connectivity index (χ4v) is 6.63. The van der Waals surface area contributed by atoms with E-state index in [4.69, 9.17) is 28.4 Å². The van der Waals surface area contributed by atoms with Crippen molar-refractivity contribution in [2.75, 3.05) is 93.9 Å². The highest BCUT2D eigenvalue weighted by Gasteiger charge is 2.21. The van der Waals surface area contributed by atoms with Gasteiger partial charge >= 0.3 is 0 Å². The summed E-state index contributed by atoms with van der Waals surface area (Å²) in [5.74, 6) is 3.54. The van der Waals surface area contributed by atoms with Crippen LogP contribution in [0.1, 0.15) is 51.7 Å². The summed E-state index contributed by atoms with van der Waals surface area (Å²) in [5.41, 5.74) is 1.75. The van der Waals surface area contributed by atoms with E-state index < -0.39 is 0 Å². The van der Waals surface area contributed by atoms with Crippen LogP contribution < -0.4 is 28.4 Å². The molecule has 0 radical (unpaired) electrons. The van der Waals surface area contributed by atoms with Gasteiger partial charge in [-0.25, -0.2) is 0 Å². The van der Waals surface area contributed by atoms with Crippen LogP contribution in [0.15, 0.2) is 60.7 Å². The molecule has 2 aromatic rings. The molecule has 2 amide bonds. The lowest BCUT2D eigenvalue weighted by atomic mass is 10.1. The van der Waals surface area contributed by atoms with Crippen LogP contribution in [0, 0.1) is 0 Å². The lowest BCUT2D eigenvalue weighted by Crippen LogP contribution is -2.39. The Balaban J connectivity index is 1.20. The molecule has 0 N–H and O–H groups in total. The number of allylic oxidation sites excluding steroid dienone is 4. The van der Waals surface area contributed by atoms with Crippen molar-refractivity contribution in [3.8, 4) is 34.5 Å². The summed E-state index contributed by atoms with van der Waals surface area (Å²) in [6.45, 7) is 16.1. The first-order chi connectivity index (χ1) is 27.0. The van der Waals surface area contributed by atoms with Gasteiger partial charge in [0.25, 0.3) is 0 Å². The molecule has 0 aliphatic carbocycles. The highest BCUT2D eigenvalue weighted by atomic mass is 16.5. The van der Waals surface area contributed by atoms with Crippen molar-refractivity contribution >= 4 is 24.0 Å². The smallest absolute Gasteiger partial charge is 0.246 e. The van der Waals surface area contributed by atoms with Crippen LogP contribution in [0.2, 0.25) is 0 Å². The molecule has 0 bridgehead atoms. The first-order valence-corrected chi connectivity index (χ1v) is 19.6. The summed E-state index contributed by atoms with van der Waals surface area (Å²) >= 11 is 0. The number of ether oxygens (including phenoxy) is 6. The third kappa shape index (κ3) is 13.4. The second-order valence-electron chi connectivity index (χ2n) is 14.3. The number of rotatable bonds is 17. The summed E-state index contributed by atoms with van der Waals surface area (Å²) < 4.78 is 33.9. The average Bonchev–Trinajstić information content (AvgIpc) is 3.58. The SMILES string of the molecule is COc1cc(/C=C/C=C/C(=O)N2CCCN(CCN3CCCN(C(=O)/C=C/C=C/c4cc(OC)c(OC(C)C)c(OC)c4)CC3)CC2)cc(OC)c1OC(C)C. The van der Waals surface area contributed by atoms with E-state index >= 15 is 0 Å². The fourth-order valence-electron chi connectivity index (χ4n) is 6.63. The van der Waals surface area contributed by atoms with Gasteiger partial charge in [-0.05, 0) is 89.0 Å². The van der Waals surface area contributed by atoms with E-state index in [9.17, 15) is 9.59 Å². The van der Waals surface area contributed by atoms with Crippen molar-refractivity contribution in [3.05, 3.63) is 71.8 Å². The number of benzene rings is 2. The second kappa shape index (κ2) is 22.6. The first-order valence-electron chi connectivity index (χ1n) is 19.6. The molecule has 306 valence electrons. The molecule has 0 spiro atoms. The molecule has 4 rings (SSSR count). The number of hydrogen-bond donors (Lipinski definition) is 0. The second-order valence-corrected chi connectivity index (χ2v) is 14.3. The van der Waals surface area contributed by atoms with Crippen LogP contribution in [0.4, 0.5) is 0 Å². The van der Waals surface area contributed by atoms with E-state index in [1.54, 1.807) is 52.7 Å². The van der Waals surface area contributed by atoms with Crippen molar-refractivity contribution in [3.63, 3.8) is 0 Å². The summed E-state index contributed by atoms with van der Waals surface area (Å²) in [5, 5.41) is 0. The molecule has 2 heterocycles. The predicted octanol–water partition coefficient (Wildman–Crippen LogP) is 6.20. The van der Waals surface area contributed by atoms with Gasteiger partial charge in [0.05, 0.1) is 40.6 Å². The highest BCUT2D eigenvalue weighted by molar-refractivity contribution is 5.88. The average molecular weight is 775 g/mol. The number of amides is 2. The van der Waals surface area contributed by atoms with Crippen molar-refractivity contribution < 1.29 is 38.0 Å². The molecule has 12 heteroatoms. The molecule has 12 nitrogen and oxygen atoms in total. The summed E-state index contributed by atoms with van der Waals surface area (Å²) in [6, 6.07) is 7.54. The van der Waals surface area contributed by atoms with Crippen LogP contribution in [0.25, 0.3) is 12.2 Å². The van der Waals surface area contributed by atoms with Gasteiger partial charge in [-0.2, -0.15) is 0 Å². The molecule has 2 aliphatic heterocycles. The zero-order chi connectivity index (χ0) is 40.5. The van der Waals surface area contributed by atoms with Crippen molar-refractivity contribution in [2.45, 2.75) is 52.7 Å². The topological polar surface area (TPSA) is 102 Å². The Hall–Kier alpha value is -4.94. The Bertz CT molecular complexity index is 1530. The maximum Gasteiger partial charge on any atom is 0.246 e. The van der Waals surface area contributed by atoms with Gasteiger partial charge in [-0.3, -0.25) is 9.59 Å². The first kappa shape index (κ1) is 43.8. The summed E-state index contributed by atoms with van der Waals surface area (Å²) in [6.07, 6.45) is 16.2. The number of carbonyl (C=O) groups excluding carboxylic acids is 2. The quantitative estimate of drug-likeness (QED) is 0.136. The fraction of sp³-hybridized carbons (Fsp3) is 0.500. The lowest BCUT2D eigenvalue weighted by molar-refractivity contribution is -0.126. The Kier molecular flexibility index (Phi) is 17.6. The molecule has 0 atom stereocenters. The molecule has 0 aromatic heterocycles. The summed E-state index contributed by atoms with van der Waals surface area (Å²) in [7, 11) is 6.41. The number of methoxy groups -OCH3 is 4. The van der Waals surface area contributed by atoms with Crippen LogP contribution in [-0.2, 0) is 9.59 Å². The van der Waals surface area contributed by atoms with Crippen molar-refractivity contribution in [2.24, 2.45) is 0 Å². The largest absolute Gasteiger partial charge is 0.493 e. The van der Waals surface area contributed by atoms with E-state index in [2.05, 4.69) is 9.80 Å². The zero-order valence-electron chi connectivity index (χ0n) is 34.6. The predicted molar refractivity (Wildman–Crippen MR) is 222 cm³/mol. The Morgan fingerprint density at radius 2 is 0.893 bits per heavy atom. The van der Waals surface area contributed by atoms with Crippen LogP contribution in [0.5, 0.6) is 34.5 Å². The van der Waals surface area contributed by atoms with E-state index in [1.165, 1.54) is 0 Å². The third-order valence-electron chi connectivity index (χ3n) is 9.48. The molecular weight excluding hydrogens is 713 g/mol. The van der Waals surface area contributed by atoms with E-state index in [0.29, 0.717) is 47.6 Å². The Labute approximate surface area is 333 Å². The van der Waals surface area contributed by atoms with Gasteiger partial charge < -0.3 is 48.0 Å². The molecule has 2 saturated heterocycles. The highest BCUT2D eigenvalue weighted by Crippen LogP contribution is 2.40. The molecular formula is C44H62N4O8. The molecule has 2 fully saturated rings. The number of hydrogen-bond acceptors (Lipinski definition) is 10. The van der Waals surface area contributed by atoms with Gasteiger partial charge in [0.2, 0.25) is 23.3 Å². The number of nitrogens with zero attached hydrogens (tertiary/aromatic N) is 4. The van der Waals surface area contributed by atoms with Gasteiger partial charge in [-0.15, -0.1) is 0 Å². The molecule has 0 unspecified atom stereocenters. The van der Waals surface area contributed by atoms with Gasteiger partial charge in [-0.1, -0.05) is 36.5 Å². The Morgan fingerprint density at radius 1 is 0.536 bits per heavy atom. The van der Waals surface area contributed by atoms with Crippen LogP contribution in [-0.4, -0.2) is 138 Å². The standard InChI is InChI=1S/C44H62N4O8/c1-33(2)55-43-37(51-5)29-35(30-38(43)52-6)15-9-11-17-41(49)47-21-13-19-45(25-27-47)23-24-46-20-14-22-48(28-26-46)42(50)18-12-10-16-36-31-39(53-7)44(56-34(3)4)40(32-36)54-8/h9-12,15-18,29-34H,13-14,19-28H2,1-8H3/b15-9+,16-10+,17-11+,18-12+. The molecule has 0 saturated carbocycles. The van der Waals surface area contributed by atoms with Crippen LogP contribution >= 0.6 is 0 Å². The van der Waals surface area contributed by atoms with Gasteiger partial charge in [0.1, 0.15) is 0 Å². The van der Waals surface area contributed by atoms with Crippen molar-refractivity contribution in [1.82, 2.24) is 19.6 Å². The zero-order valence-corrected chi connectivity index (χ0v) is 34.6. The van der Waals surface area contributed by atoms with Gasteiger partial charge in [0.15, 0.2) is 23.0 Å². The minimum Gasteiger partial charge on any atom is -0.493 e. The third-order valence-corrected chi connectivity index (χ3v) is 9.48. The van der Waals surface area contributed by atoms with Crippen molar-refractivity contribution in [1.29, 1.82) is 0 Å². The molecule has 2 aromatic carbocycles. The van der Waals surface area contributed by atoms with E-state index in [1.807, 2.05) is 86.1 Å². The monoisotopic (exact) mass is 774 g/mol. The maximum atomic E-state index is 13.0. The van der Waals surface area contributed by atoms with Gasteiger partial charge in [0, 0.05) is 64.5 Å². The summed E-state index contributed by atoms with van der Waals surface area (Å²) in [4.78, 5) is 34.9. The Morgan fingerprint density at radius 3 is 1.21 bits per heavy atom. The number of carbonyl (C=O) groups is 2. The molecule has 2 aliphatic rings. The normalized spacial score (nSPS) is 16.3. The van der Waals surface area contributed by atoms with E-state index in [0.717, 1.165) is 76.3 Å².